The van der Waals surface area contributed by atoms with E-state index < -0.39 is 29.5 Å². The van der Waals surface area contributed by atoms with Gasteiger partial charge in [0.25, 0.3) is 0 Å². The maximum Gasteiger partial charge on any atom is 0.307 e. The van der Waals surface area contributed by atoms with Gasteiger partial charge < -0.3 is 15.3 Å². The Labute approximate surface area is 125 Å². The molecule has 1 aromatic carbocycles. The van der Waals surface area contributed by atoms with Gasteiger partial charge in [-0.3, -0.25) is 14.4 Å². The number of rotatable bonds is 4. The van der Waals surface area contributed by atoms with Gasteiger partial charge in [-0.1, -0.05) is 0 Å². The van der Waals surface area contributed by atoms with E-state index in [2.05, 4.69) is 5.32 Å². The Hall–Kier alpha value is -2.44. The molecule has 1 saturated heterocycles. The van der Waals surface area contributed by atoms with E-state index in [4.69, 9.17) is 5.11 Å². The molecule has 1 saturated carbocycles. The zero-order chi connectivity index (χ0) is 15.9. The maximum atomic E-state index is 14.1. The van der Waals surface area contributed by atoms with Gasteiger partial charge in [0.1, 0.15) is 5.82 Å². The summed E-state index contributed by atoms with van der Waals surface area (Å²) in [5, 5.41) is 11.3. The van der Waals surface area contributed by atoms with Crippen LogP contribution in [0.4, 0.5) is 15.8 Å². The lowest BCUT2D eigenvalue weighted by molar-refractivity contribution is -0.139. The van der Waals surface area contributed by atoms with Crippen LogP contribution in [0.25, 0.3) is 0 Å². The number of carbonyl (C=O) groups is 3. The molecule has 2 atom stereocenters. The number of carboxylic acid groups (broad SMARTS) is 1. The molecule has 1 aliphatic carbocycles. The van der Waals surface area contributed by atoms with Gasteiger partial charge in [-0.15, -0.1) is 0 Å². The normalized spacial score (nSPS) is 23.5. The number of benzene rings is 1. The van der Waals surface area contributed by atoms with Gasteiger partial charge in [0.05, 0.1) is 17.5 Å². The van der Waals surface area contributed by atoms with E-state index in [1.807, 2.05) is 0 Å². The Balaban J connectivity index is 1.69. The average Bonchev–Trinajstić information content (AvgIpc) is 3.16. The third-order valence-electron chi connectivity index (χ3n) is 4.02. The zero-order valence-electron chi connectivity index (χ0n) is 11.7. The highest BCUT2D eigenvalue weighted by Gasteiger charge is 2.48. The summed E-state index contributed by atoms with van der Waals surface area (Å²) in [4.78, 5) is 35.6. The Morgan fingerprint density at radius 1 is 1.32 bits per heavy atom. The average molecular weight is 306 g/mol. The van der Waals surface area contributed by atoms with Gasteiger partial charge in [-0.05, 0) is 31.0 Å². The standard InChI is InChI=1S/C15H15FN2O4/c16-11-6-8(17-14(20)9-7-10(9)15(21)22)3-4-12(11)18-5-1-2-13(18)19/h3-4,6,9-10H,1-2,5,7H2,(H,17,20)(H,21,22). The van der Waals surface area contributed by atoms with Crippen molar-refractivity contribution >= 4 is 29.2 Å². The molecule has 6 nitrogen and oxygen atoms in total. The second kappa shape index (κ2) is 5.40. The van der Waals surface area contributed by atoms with Crippen molar-refractivity contribution in [3.8, 4) is 0 Å². The highest BCUT2D eigenvalue weighted by molar-refractivity contribution is 5.99. The van der Waals surface area contributed by atoms with Crippen molar-refractivity contribution in [2.75, 3.05) is 16.8 Å². The zero-order valence-corrected chi connectivity index (χ0v) is 11.7. The summed E-state index contributed by atoms with van der Waals surface area (Å²) in [6.07, 6.45) is 1.43. The summed E-state index contributed by atoms with van der Waals surface area (Å²) in [7, 11) is 0. The van der Waals surface area contributed by atoms with E-state index >= 15 is 0 Å². The van der Waals surface area contributed by atoms with Crippen molar-refractivity contribution in [2.24, 2.45) is 11.8 Å². The van der Waals surface area contributed by atoms with E-state index in [1.54, 1.807) is 0 Å². The fraction of sp³-hybridized carbons (Fsp3) is 0.400. The molecule has 1 heterocycles. The fourth-order valence-corrected chi connectivity index (χ4v) is 2.70. The van der Waals surface area contributed by atoms with Gasteiger partial charge in [0.2, 0.25) is 11.8 Å². The largest absolute Gasteiger partial charge is 0.481 e. The lowest BCUT2D eigenvalue weighted by atomic mass is 10.2. The van der Waals surface area contributed by atoms with E-state index in [1.165, 1.54) is 17.0 Å². The number of nitrogens with one attached hydrogen (secondary N) is 1. The molecule has 0 aromatic heterocycles. The second-order valence-electron chi connectivity index (χ2n) is 5.59. The van der Waals surface area contributed by atoms with E-state index in [9.17, 15) is 18.8 Å². The summed E-state index contributed by atoms with van der Waals surface area (Å²) >= 11 is 0. The monoisotopic (exact) mass is 306 g/mol. The van der Waals surface area contributed by atoms with Crippen molar-refractivity contribution in [1.82, 2.24) is 0 Å². The van der Waals surface area contributed by atoms with Crippen molar-refractivity contribution in [2.45, 2.75) is 19.3 Å². The number of aliphatic carboxylic acids is 1. The number of carbonyl (C=O) groups excluding carboxylic acids is 2. The minimum atomic E-state index is -0.991. The molecule has 2 fully saturated rings. The molecule has 0 bridgehead atoms. The lowest BCUT2D eigenvalue weighted by Crippen LogP contribution is -2.25. The van der Waals surface area contributed by atoms with Crippen LogP contribution in [-0.2, 0) is 14.4 Å². The van der Waals surface area contributed by atoms with Crippen LogP contribution in [0.3, 0.4) is 0 Å². The topological polar surface area (TPSA) is 86.7 Å². The molecule has 0 radical (unpaired) electrons. The van der Waals surface area contributed by atoms with E-state index in [0.29, 0.717) is 25.8 Å². The van der Waals surface area contributed by atoms with Crippen LogP contribution in [0.5, 0.6) is 0 Å². The summed E-state index contributed by atoms with van der Waals surface area (Å²) in [6, 6.07) is 4.12. The van der Waals surface area contributed by atoms with Crippen molar-refractivity contribution < 1.29 is 23.9 Å². The van der Waals surface area contributed by atoms with Crippen LogP contribution in [0.15, 0.2) is 18.2 Å². The van der Waals surface area contributed by atoms with Gasteiger partial charge >= 0.3 is 5.97 Å². The van der Waals surface area contributed by atoms with Crippen LogP contribution in [-0.4, -0.2) is 29.4 Å². The first-order valence-electron chi connectivity index (χ1n) is 7.11. The first-order valence-corrected chi connectivity index (χ1v) is 7.11. The molecule has 116 valence electrons. The quantitative estimate of drug-likeness (QED) is 0.885. The van der Waals surface area contributed by atoms with Gasteiger partial charge in [0.15, 0.2) is 0 Å². The van der Waals surface area contributed by atoms with Gasteiger partial charge in [0, 0.05) is 18.7 Å². The van der Waals surface area contributed by atoms with Crippen LogP contribution < -0.4 is 10.2 Å². The summed E-state index contributed by atoms with van der Waals surface area (Å²) in [6.45, 7) is 0.490. The summed E-state index contributed by atoms with van der Waals surface area (Å²) < 4.78 is 14.1. The molecular formula is C15H15FN2O4. The number of amides is 2. The van der Waals surface area contributed by atoms with Crippen LogP contribution >= 0.6 is 0 Å². The molecule has 1 aliphatic heterocycles. The molecule has 2 amide bonds. The van der Waals surface area contributed by atoms with Gasteiger partial charge in [-0.2, -0.15) is 0 Å². The smallest absolute Gasteiger partial charge is 0.307 e. The fourth-order valence-electron chi connectivity index (χ4n) is 2.70. The summed E-state index contributed by atoms with van der Waals surface area (Å²) in [5.41, 5.74) is 0.462. The van der Waals surface area contributed by atoms with Crippen LogP contribution in [0.2, 0.25) is 0 Å². The molecule has 22 heavy (non-hydrogen) atoms. The van der Waals surface area contributed by atoms with Crippen molar-refractivity contribution in [1.29, 1.82) is 0 Å². The SMILES string of the molecule is O=C(O)C1CC1C(=O)Nc1ccc(N2CCCC2=O)c(F)c1. The first kappa shape index (κ1) is 14.5. The number of anilines is 2. The minimum absolute atomic E-state index is 0.113. The van der Waals surface area contributed by atoms with E-state index in [-0.39, 0.29) is 17.3 Å². The molecule has 2 N–H and O–H groups in total. The Morgan fingerprint density at radius 2 is 2.09 bits per heavy atom. The molecule has 2 unspecified atom stereocenters. The summed E-state index contributed by atoms with van der Waals surface area (Å²) in [5.74, 6) is -3.31. The number of halogens is 1. The molecule has 3 rings (SSSR count). The number of hydrogen-bond acceptors (Lipinski definition) is 3. The molecule has 7 heteroatoms. The van der Waals surface area contributed by atoms with Crippen LogP contribution in [0.1, 0.15) is 19.3 Å². The minimum Gasteiger partial charge on any atom is -0.481 e. The lowest BCUT2D eigenvalue weighted by Gasteiger charge is -2.17. The first-order chi connectivity index (χ1) is 10.5. The number of carboxylic acids is 1. The third kappa shape index (κ3) is 2.66. The molecule has 2 aliphatic rings. The molecule has 1 aromatic rings. The maximum absolute atomic E-state index is 14.1. The van der Waals surface area contributed by atoms with Crippen LogP contribution in [0, 0.1) is 17.7 Å². The number of nitrogens with zero attached hydrogens (tertiary/aromatic N) is 1. The molecule has 0 spiro atoms. The van der Waals surface area contributed by atoms with E-state index in [0.717, 1.165) is 6.07 Å². The van der Waals surface area contributed by atoms with Crippen molar-refractivity contribution in [3.05, 3.63) is 24.0 Å². The van der Waals surface area contributed by atoms with Gasteiger partial charge in [-0.25, -0.2) is 4.39 Å². The number of hydrogen-bond donors (Lipinski definition) is 2. The second-order valence-corrected chi connectivity index (χ2v) is 5.59. The highest BCUT2D eigenvalue weighted by Crippen LogP contribution is 2.39. The third-order valence-corrected chi connectivity index (χ3v) is 4.02. The molecular weight excluding hydrogens is 291 g/mol. The Kier molecular flexibility index (Phi) is 3.56. The predicted octanol–water partition coefficient (Wildman–Crippen LogP) is 1.61. The Morgan fingerprint density at radius 3 is 2.64 bits per heavy atom. The predicted molar refractivity (Wildman–Crippen MR) is 75.8 cm³/mol. The van der Waals surface area contributed by atoms with Crippen molar-refractivity contribution in [3.63, 3.8) is 0 Å². The Bertz CT molecular complexity index is 661. The highest BCUT2D eigenvalue weighted by atomic mass is 19.1.